The van der Waals surface area contributed by atoms with Crippen LogP contribution in [-0.4, -0.2) is 47.4 Å². The van der Waals surface area contributed by atoms with Gasteiger partial charge in [0, 0.05) is 25.9 Å². The van der Waals surface area contributed by atoms with Crippen LogP contribution < -0.4 is 5.32 Å². The molecular weight excluding hydrogens is 224 g/mol. The van der Waals surface area contributed by atoms with Crippen molar-refractivity contribution in [2.45, 2.75) is 26.2 Å². The maximum absolute atomic E-state index is 11.5. The molecule has 0 aromatic heterocycles. The molecule has 0 spiro atoms. The molecule has 1 fully saturated rings. The molecule has 1 unspecified atom stereocenters. The molecule has 6 nitrogen and oxygen atoms in total. The molecule has 1 aliphatic rings. The van der Waals surface area contributed by atoms with Crippen molar-refractivity contribution in [3.8, 4) is 0 Å². The Bertz CT molecular complexity index is 317. The molecular formula is C11H18N2O4. The first-order valence-electron chi connectivity index (χ1n) is 5.75. The lowest BCUT2D eigenvalue weighted by Gasteiger charge is -2.16. The zero-order valence-electron chi connectivity index (χ0n) is 9.94. The lowest BCUT2D eigenvalue weighted by Crippen LogP contribution is -2.39. The van der Waals surface area contributed by atoms with E-state index in [0.29, 0.717) is 19.5 Å². The van der Waals surface area contributed by atoms with E-state index in [9.17, 15) is 14.4 Å². The second-order valence-electron chi connectivity index (χ2n) is 4.43. The van der Waals surface area contributed by atoms with Gasteiger partial charge in [-0.3, -0.25) is 14.4 Å². The van der Waals surface area contributed by atoms with Gasteiger partial charge in [0.1, 0.15) is 0 Å². The quantitative estimate of drug-likeness (QED) is 0.677. The molecule has 17 heavy (non-hydrogen) atoms. The maximum Gasteiger partial charge on any atom is 0.303 e. The van der Waals surface area contributed by atoms with Gasteiger partial charge in [-0.1, -0.05) is 6.92 Å². The lowest BCUT2D eigenvalue weighted by molar-refractivity contribution is -0.138. The smallest absolute Gasteiger partial charge is 0.303 e. The summed E-state index contributed by atoms with van der Waals surface area (Å²) in [7, 11) is 0. The van der Waals surface area contributed by atoms with Gasteiger partial charge in [0.25, 0.3) is 0 Å². The summed E-state index contributed by atoms with van der Waals surface area (Å²) in [6.45, 7) is 2.80. The maximum atomic E-state index is 11.5. The highest BCUT2D eigenvalue weighted by Gasteiger charge is 2.22. The van der Waals surface area contributed by atoms with Gasteiger partial charge in [0.05, 0.1) is 6.54 Å². The summed E-state index contributed by atoms with van der Waals surface area (Å²) in [6.07, 6.45) is 1.35. The highest BCUT2D eigenvalue weighted by Crippen LogP contribution is 2.08. The van der Waals surface area contributed by atoms with Gasteiger partial charge >= 0.3 is 5.97 Å². The molecule has 0 saturated carbocycles. The van der Waals surface area contributed by atoms with Crippen molar-refractivity contribution >= 4 is 17.8 Å². The molecule has 6 heteroatoms. The number of nitrogens with one attached hydrogen (secondary N) is 1. The Morgan fingerprint density at radius 3 is 2.76 bits per heavy atom. The third-order valence-corrected chi connectivity index (χ3v) is 2.68. The standard InChI is InChI=1S/C11H18N2O4/c1-8(5-11(16)17)6-12-9(14)7-13-4-2-3-10(13)15/h8H,2-7H2,1H3,(H,12,14)(H,16,17). The Hall–Kier alpha value is -1.59. The van der Waals surface area contributed by atoms with E-state index >= 15 is 0 Å². The normalized spacial score (nSPS) is 17.0. The molecule has 1 rings (SSSR count). The highest BCUT2D eigenvalue weighted by atomic mass is 16.4. The van der Waals surface area contributed by atoms with E-state index in [-0.39, 0.29) is 30.7 Å². The van der Waals surface area contributed by atoms with E-state index < -0.39 is 5.97 Å². The Labute approximate surface area is 100.0 Å². The predicted molar refractivity (Wildman–Crippen MR) is 60.2 cm³/mol. The summed E-state index contributed by atoms with van der Waals surface area (Å²) in [5.74, 6) is -1.19. The minimum atomic E-state index is -0.874. The van der Waals surface area contributed by atoms with Crippen LogP contribution in [-0.2, 0) is 14.4 Å². The van der Waals surface area contributed by atoms with Gasteiger partial charge in [0.15, 0.2) is 0 Å². The van der Waals surface area contributed by atoms with Crippen molar-refractivity contribution in [2.24, 2.45) is 5.92 Å². The molecule has 0 radical (unpaired) electrons. The van der Waals surface area contributed by atoms with Crippen LogP contribution in [0.3, 0.4) is 0 Å². The van der Waals surface area contributed by atoms with Crippen molar-refractivity contribution in [3.63, 3.8) is 0 Å². The average Bonchev–Trinajstić information content (AvgIpc) is 2.61. The molecule has 0 aromatic rings. The van der Waals surface area contributed by atoms with Crippen LogP contribution in [0.1, 0.15) is 26.2 Å². The monoisotopic (exact) mass is 242 g/mol. The highest BCUT2D eigenvalue weighted by molar-refractivity contribution is 5.85. The third-order valence-electron chi connectivity index (χ3n) is 2.68. The fourth-order valence-electron chi connectivity index (χ4n) is 1.76. The Kier molecular flexibility index (Phi) is 4.93. The van der Waals surface area contributed by atoms with E-state index in [1.165, 1.54) is 4.90 Å². The number of carbonyl (C=O) groups is 3. The second-order valence-corrected chi connectivity index (χ2v) is 4.43. The van der Waals surface area contributed by atoms with E-state index in [2.05, 4.69) is 5.32 Å². The van der Waals surface area contributed by atoms with Crippen LogP contribution in [0.5, 0.6) is 0 Å². The number of amides is 2. The molecule has 1 saturated heterocycles. The van der Waals surface area contributed by atoms with E-state index in [4.69, 9.17) is 5.11 Å². The van der Waals surface area contributed by atoms with E-state index in [0.717, 1.165) is 6.42 Å². The number of hydrogen-bond donors (Lipinski definition) is 2. The summed E-state index contributed by atoms with van der Waals surface area (Å²) < 4.78 is 0. The molecule has 96 valence electrons. The average molecular weight is 242 g/mol. The van der Waals surface area contributed by atoms with Crippen molar-refractivity contribution in [1.29, 1.82) is 0 Å². The number of likely N-dealkylation sites (tertiary alicyclic amines) is 1. The third kappa shape index (κ3) is 4.84. The summed E-state index contributed by atoms with van der Waals surface area (Å²) in [4.78, 5) is 34.7. The van der Waals surface area contributed by atoms with Crippen LogP contribution >= 0.6 is 0 Å². The van der Waals surface area contributed by atoms with Crippen LogP contribution in [0, 0.1) is 5.92 Å². The van der Waals surface area contributed by atoms with Crippen LogP contribution in [0.25, 0.3) is 0 Å². The molecule has 1 heterocycles. The predicted octanol–water partition coefficient (Wildman–Crippen LogP) is -0.164. The van der Waals surface area contributed by atoms with Gasteiger partial charge in [0.2, 0.25) is 11.8 Å². The zero-order valence-corrected chi connectivity index (χ0v) is 9.94. The molecule has 2 N–H and O–H groups in total. The summed E-state index contributed by atoms with van der Waals surface area (Å²) >= 11 is 0. The topological polar surface area (TPSA) is 86.7 Å². The largest absolute Gasteiger partial charge is 0.481 e. The number of rotatable bonds is 6. The van der Waals surface area contributed by atoms with Crippen LogP contribution in [0.4, 0.5) is 0 Å². The first kappa shape index (κ1) is 13.5. The molecule has 1 aliphatic heterocycles. The van der Waals surface area contributed by atoms with Crippen LogP contribution in [0.15, 0.2) is 0 Å². The Morgan fingerprint density at radius 2 is 2.24 bits per heavy atom. The van der Waals surface area contributed by atoms with Crippen molar-refractivity contribution in [1.82, 2.24) is 10.2 Å². The van der Waals surface area contributed by atoms with Gasteiger partial charge in [-0.2, -0.15) is 0 Å². The number of carboxylic acid groups (broad SMARTS) is 1. The van der Waals surface area contributed by atoms with Gasteiger partial charge in [-0.05, 0) is 12.3 Å². The van der Waals surface area contributed by atoms with E-state index in [1.54, 1.807) is 6.92 Å². The molecule has 2 amide bonds. The minimum Gasteiger partial charge on any atom is -0.481 e. The van der Waals surface area contributed by atoms with Crippen LogP contribution in [0.2, 0.25) is 0 Å². The number of nitrogens with zero attached hydrogens (tertiary/aromatic N) is 1. The van der Waals surface area contributed by atoms with Gasteiger partial charge in [-0.25, -0.2) is 0 Å². The number of aliphatic carboxylic acids is 1. The van der Waals surface area contributed by atoms with Gasteiger partial charge < -0.3 is 15.3 Å². The molecule has 1 atom stereocenters. The van der Waals surface area contributed by atoms with Crippen molar-refractivity contribution in [3.05, 3.63) is 0 Å². The van der Waals surface area contributed by atoms with Gasteiger partial charge in [-0.15, -0.1) is 0 Å². The number of hydrogen-bond acceptors (Lipinski definition) is 3. The summed E-state index contributed by atoms with van der Waals surface area (Å²) in [6, 6.07) is 0. The second kappa shape index (κ2) is 6.22. The summed E-state index contributed by atoms with van der Waals surface area (Å²) in [5, 5.41) is 11.2. The number of carboxylic acids is 1. The lowest BCUT2D eigenvalue weighted by atomic mass is 10.1. The minimum absolute atomic E-state index is 0.0127. The fraction of sp³-hybridized carbons (Fsp3) is 0.727. The van der Waals surface area contributed by atoms with E-state index in [1.807, 2.05) is 0 Å². The first-order chi connectivity index (χ1) is 7.99. The molecule has 0 bridgehead atoms. The fourth-order valence-corrected chi connectivity index (χ4v) is 1.76. The Balaban J connectivity index is 2.21. The van der Waals surface area contributed by atoms with Crippen molar-refractivity contribution < 1.29 is 19.5 Å². The molecule has 0 aromatic carbocycles. The van der Waals surface area contributed by atoms with Crippen molar-refractivity contribution in [2.75, 3.05) is 19.6 Å². The zero-order chi connectivity index (χ0) is 12.8. The SMILES string of the molecule is CC(CNC(=O)CN1CCCC1=O)CC(=O)O. The molecule has 0 aliphatic carbocycles. The Morgan fingerprint density at radius 1 is 1.53 bits per heavy atom. The first-order valence-corrected chi connectivity index (χ1v) is 5.75. The number of carbonyl (C=O) groups excluding carboxylic acids is 2. The summed E-state index contributed by atoms with van der Waals surface area (Å²) in [5.41, 5.74) is 0.